The van der Waals surface area contributed by atoms with Gasteiger partial charge < -0.3 is 10.4 Å². The molecule has 6 nitrogen and oxygen atoms in total. The maximum Gasteiger partial charge on any atom is 0.329 e. The second-order valence-electron chi connectivity index (χ2n) is 5.77. The van der Waals surface area contributed by atoms with Crippen LogP contribution in [0.3, 0.4) is 0 Å². The first-order valence-corrected chi connectivity index (χ1v) is 10.5. The van der Waals surface area contributed by atoms with Crippen molar-refractivity contribution >= 4 is 33.5 Å². The van der Waals surface area contributed by atoms with Gasteiger partial charge >= 0.3 is 5.97 Å². The normalized spacial score (nSPS) is 17.2. The Kier molecular flexibility index (Phi) is 5.92. The minimum atomic E-state index is -3.27. The molecule has 0 aliphatic carbocycles. The minimum Gasteiger partial charge on any atom is -0.480 e. The van der Waals surface area contributed by atoms with Crippen molar-refractivity contribution in [2.75, 3.05) is 17.3 Å². The van der Waals surface area contributed by atoms with Gasteiger partial charge in [-0.25, -0.2) is 13.2 Å². The van der Waals surface area contributed by atoms with E-state index in [4.69, 9.17) is 0 Å². The molecule has 1 heterocycles. The van der Waals surface area contributed by atoms with Crippen LogP contribution in [0.1, 0.15) is 25.3 Å². The predicted octanol–water partition coefficient (Wildman–Crippen LogP) is 1.49. The number of nitrogens with one attached hydrogen (secondary N) is 1. The Morgan fingerprint density at radius 2 is 1.79 bits per heavy atom. The largest absolute Gasteiger partial charge is 0.480 e. The van der Waals surface area contributed by atoms with E-state index in [-0.39, 0.29) is 23.0 Å². The number of thioether (sulfide) groups is 1. The SMILES string of the molecule is CCS(=O)(=O)c1ccc(CC(=O)NC2(C(=O)O)CCSCC2)cc1. The van der Waals surface area contributed by atoms with E-state index in [2.05, 4.69) is 5.32 Å². The molecule has 1 fully saturated rings. The second kappa shape index (κ2) is 7.57. The van der Waals surface area contributed by atoms with Crippen molar-refractivity contribution in [1.29, 1.82) is 0 Å². The van der Waals surface area contributed by atoms with Gasteiger partial charge in [-0.1, -0.05) is 19.1 Å². The van der Waals surface area contributed by atoms with E-state index >= 15 is 0 Å². The van der Waals surface area contributed by atoms with Crippen LogP contribution in [-0.2, 0) is 25.8 Å². The molecule has 1 amide bonds. The monoisotopic (exact) mass is 371 g/mol. The molecular weight excluding hydrogens is 350 g/mol. The molecule has 8 heteroatoms. The van der Waals surface area contributed by atoms with Crippen LogP contribution in [0.2, 0.25) is 0 Å². The number of carbonyl (C=O) groups is 2. The molecule has 0 atom stereocenters. The number of carboxylic acids is 1. The van der Waals surface area contributed by atoms with Crippen LogP contribution < -0.4 is 5.32 Å². The maximum atomic E-state index is 12.2. The molecule has 0 unspecified atom stereocenters. The quantitative estimate of drug-likeness (QED) is 0.786. The van der Waals surface area contributed by atoms with Crippen molar-refractivity contribution in [1.82, 2.24) is 5.32 Å². The molecule has 2 rings (SSSR count). The Morgan fingerprint density at radius 3 is 2.29 bits per heavy atom. The number of carboxylic acid groups (broad SMARTS) is 1. The number of amides is 1. The molecule has 0 radical (unpaired) electrons. The smallest absolute Gasteiger partial charge is 0.329 e. The second-order valence-corrected chi connectivity index (χ2v) is 9.27. The van der Waals surface area contributed by atoms with Crippen LogP contribution in [0.25, 0.3) is 0 Å². The Labute approximate surface area is 145 Å². The van der Waals surface area contributed by atoms with Gasteiger partial charge in [-0.05, 0) is 42.0 Å². The lowest BCUT2D eigenvalue weighted by Crippen LogP contribution is -2.56. The Bertz CT molecular complexity index is 706. The molecular formula is C16H21NO5S2. The fraction of sp³-hybridized carbons (Fsp3) is 0.500. The first-order chi connectivity index (χ1) is 11.3. The first kappa shape index (κ1) is 18.8. The highest BCUT2D eigenvalue weighted by Crippen LogP contribution is 2.27. The zero-order chi connectivity index (χ0) is 17.8. The topological polar surface area (TPSA) is 101 Å². The highest BCUT2D eigenvalue weighted by Gasteiger charge is 2.41. The molecule has 2 N–H and O–H groups in total. The van der Waals surface area contributed by atoms with Crippen LogP contribution >= 0.6 is 11.8 Å². The number of benzene rings is 1. The predicted molar refractivity (Wildman–Crippen MR) is 92.9 cm³/mol. The zero-order valence-corrected chi connectivity index (χ0v) is 15.1. The number of rotatable bonds is 6. The van der Waals surface area contributed by atoms with Gasteiger partial charge in [-0.2, -0.15) is 11.8 Å². The molecule has 0 saturated carbocycles. The highest BCUT2D eigenvalue weighted by molar-refractivity contribution is 7.99. The highest BCUT2D eigenvalue weighted by atomic mass is 32.2. The lowest BCUT2D eigenvalue weighted by atomic mass is 9.92. The molecule has 24 heavy (non-hydrogen) atoms. The van der Waals surface area contributed by atoms with Gasteiger partial charge in [0.25, 0.3) is 0 Å². The summed E-state index contributed by atoms with van der Waals surface area (Å²) in [7, 11) is -3.27. The van der Waals surface area contributed by atoms with Gasteiger partial charge in [0, 0.05) is 0 Å². The van der Waals surface area contributed by atoms with E-state index in [1.165, 1.54) is 12.1 Å². The summed E-state index contributed by atoms with van der Waals surface area (Å²) in [4.78, 5) is 24.0. The van der Waals surface area contributed by atoms with Crippen LogP contribution in [-0.4, -0.2) is 48.2 Å². The third kappa shape index (κ3) is 4.30. The fourth-order valence-corrected chi connectivity index (χ4v) is 4.66. The number of hydrogen-bond donors (Lipinski definition) is 2. The van der Waals surface area contributed by atoms with E-state index in [1.54, 1.807) is 30.8 Å². The lowest BCUT2D eigenvalue weighted by Gasteiger charge is -2.33. The average Bonchev–Trinajstić information content (AvgIpc) is 2.56. The summed E-state index contributed by atoms with van der Waals surface area (Å²) < 4.78 is 23.5. The first-order valence-electron chi connectivity index (χ1n) is 7.73. The van der Waals surface area contributed by atoms with E-state index in [9.17, 15) is 23.1 Å². The third-order valence-electron chi connectivity index (χ3n) is 4.16. The van der Waals surface area contributed by atoms with Crippen LogP contribution in [0.4, 0.5) is 0 Å². The Balaban J connectivity index is 2.05. The number of sulfone groups is 1. The van der Waals surface area contributed by atoms with Gasteiger partial charge in [-0.3, -0.25) is 4.79 Å². The Hall–Kier alpha value is -1.54. The van der Waals surface area contributed by atoms with Gasteiger partial charge in [0.15, 0.2) is 9.84 Å². The summed E-state index contributed by atoms with van der Waals surface area (Å²) in [5, 5.41) is 12.1. The zero-order valence-electron chi connectivity index (χ0n) is 13.4. The number of hydrogen-bond acceptors (Lipinski definition) is 5. The summed E-state index contributed by atoms with van der Waals surface area (Å²) >= 11 is 1.68. The van der Waals surface area contributed by atoms with Crippen LogP contribution in [0, 0.1) is 0 Å². The molecule has 1 saturated heterocycles. The number of carbonyl (C=O) groups excluding carboxylic acids is 1. The van der Waals surface area contributed by atoms with Crippen molar-refractivity contribution in [3.63, 3.8) is 0 Å². The summed E-state index contributed by atoms with van der Waals surface area (Å²) in [6.45, 7) is 1.57. The average molecular weight is 371 g/mol. The van der Waals surface area contributed by atoms with E-state index in [1.807, 2.05) is 0 Å². The summed E-state index contributed by atoms with van der Waals surface area (Å²) in [5.41, 5.74) is -0.540. The molecule has 1 aliphatic rings. The van der Waals surface area contributed by atoms with Gasteiger partial charge in [0.05, 0.1) is 17.1 Å². The summed E-state index contributed by atoms with van der Waals surface area (Å²) in [6.07, 6.45) is 0.841. The fourth-order valence-electron chi connectivity index (χ4n) is 2.59. The van der Waals surface area contributed by atoms with Gasteiger partial charge in [-0.15, -0.1) is 0 Å². The molecule has 0 aromatic heterocycles. The molecule has 1 aliphatic heterocycles. The van der Waals surface area contributed by atoms with E-state index in [0.29, 0.717) is 29.9 Å². The third-order valence-corrected chi connectivity index (χ3v) is 6.90. The standard InChI is InChI=1S/C16H21NO5S2/c1-2-24(21,22)13-5-3-12(4-6-13)11-14(18)17-16(15(19)20)7-9-23-10-8-16/h3-6H,2,7-11H2,1H3,(H,17,18)(H,19,20). The van der Waals surface area contributed by atoms with Crippen LogP contribution in [0.5, 0.6) is 0 Å². The summed E-state index contributed by atoms with van der Waals surface area (Å²) in [6, 6.07) is 6.13. The van der Waals surface area contributed by atoms with Crippen LogP contribution in [0.15, 0.2) is 29.2 Å². The van der Waals surface area contributed by atoms with Crippen molar-refractivity contribution in [3.8, 4) is 0 Å². The van der Waals surface area contributed by atoms with Crippen molar-refractivity contribution in [3.05, 3.63) is 29.8 Å². The lowest BCUT2D eigenvalue weighted by molar-refractivity contribution is -0.148. The molecule has 132 valence electrons. The molecule has 1 aromatic rings. The summed E-state index contributed by atoms with van der Waals surface area (Å²) in [5.74, 6) is 0.0640. The number of aliphatic carboxylic acids is 1. The van der Waals surface area contributed by atoms with Gasteiger partial charge in [0.1, 0.15) is 5.54 Å². The van der Waals surface area contributed by atoms with E-state index < -0.39 is 21.3 Å². The molecule has 0 spiro atoms. The van der Waals surface area contributed by atoms with Gasteiger partial charge in [0.2, 0.25) is 5.91 Å². The maximum absolute atomic E-state index is 12.2. The molecule has 0 bridgehead atoms. The van der Waals surface area contributed by atoms with Crippen molar-refractivity contribution in [2.24, 2.45) is 0 Å². The Morgan fingerprint density at radius 1 is 1.21 bits per heavy atom. The van der Waals surface area contributed by atoms with E-state index in [0.717, 1.165) is 0 Å². The minimum absolute atomic E-state index is 0.0198. The van der Waals surface area contributed by atoms with Crippen molar-refractivity contribution in [2.45, 2.75) is 36.6 Å². The van der Waals surface area contributed by atoms with Crippen molar-refractivity contribution < 1.29 is 23.1 Å². The molecule has 1 aromatic carbocycles.